The first kappa shape index (κ1) is 21.6. The van der Waals surface area contributed by atoms with E-state index in [4.69, 9.17) is 13.9 Å². The van der Waals surface area contributed by atoms with Gasteiger partial charge < -0.3 is 19.2 Å². The van der Waals surface area contributed by atoms with Crippen molar-refractivity contribution in [3.05, 3.63) is 65.5 Å². The third-order valence-electron chi connectivity index (χ3n) is 4.47. The molecule has 1 N–H and O–H groups in total. The van der Waals surface area contributed by atoms with E-state index in [9.17, 15) is 9.00 Å². The van der Waals surface area contributed by atoms with Gasteiger partial charge in [0.2, 0.25) is 11.8 Å². The number of aromatic nitrogens is 1. The predicted molar refractivity (Wildman–Crippen MR) is 115 cm³/mol. The molecule has 0 saturated heterocycles. The minimum absolute atomic E-state index is 0.0969. The average Bonchev–Trinajstić information content (AvgIpc) is 3.12. The monoisotopic (exact) mass is 428 g/mol. The van der Waals surface area contributed by atoms with Crippen LogP contribution in [0.25, 0.3) is 11.5 Å². The Bertz CT molecular complexity index is 1010. The number of carbonyl (C=O) groups is 1. The molecule has 3 rings (SSSR count). The molecule has 1 atom stereocenters. The Hall–Kier alpha value is -3.13. The molecule has 2 aromatic carbocycles. The van der Waals surface area contributed by atoms with Gasteiger partial charge >= 0.3 is 0 Å². The zero-order valence-electron chi connectivity index (χ0n) is 17.1. The van der Waals surface area contributed by atoms with E-state index in [2.05, 4.69) is 10.3 Å². The molecule has 0 bridgehead atoms. The quantitative estimate of drug-likeness (QED) is 0.563. The maximum absolute atomic E-state index is 12.4. The first-order chi connectivity index (χ1) is 14.5. The zero-order chi connectivity index (χ0) is 21.5. The van der Waals surface area contributed by atoms with Gasteiger partial charge in [0, 0.05) is 22.9 Å². The van der Waals surface area contributed by atoms with E-state index < -0.39 is 10.8 Å². The van der Waals surface area contributed by atoms with Crippen molar-refractivity contribution >= 4 is 16.7 Å². The number of aryl methyl sites for hydroxylation is 1. The maximum atomic E-state index is 12.4. The predicted octanol–water partition coefficient (Wildman–Crippen LogP) is 3.23. The van der Waals surface area contributed by atoms with E-state index in [0.717, 1.165) is 22.6 Å². The molecule has 3 aromatic rings. The fourth-order valence-corrected chi connectivity index (χ4v) is 3.83. The molecule has 0 aliphatic heterocycles. The molecule has 0 radical (unpaired) electrons. The van der Waals surface area contributed by atoms with Crippen LogP contribution in [0.2, 0.25) is 0 Å². The van der Waals surface area contributed by atoms with E-state index in [1.807, 2.05) is 48.5 Å². The van der Waals surface area contributed by atoms with Gasteiger partial charge in [0.15, 0.2) is 0 Å². The number of hydrogen-bond acceptors (Lipinski definition) is 6. The van der Waals surface area contributed by atoms with Gasteiger partial charge in [-0.05, 0) is 48.9 Å². The van der Waals surface area contributed by atoms with Crippen LogP contribution in [0, 0.1) is 6.92 Å². The van der Waals surface area contributed by atoms with Gasteiger partial charge in [0.25, 0.3) is 0 Å². The lowest BCUT2D eigenvalue weighted by Gasteiger charge is -2.06. The van der Waals surface area contributed by atoms with Crippen LogP contribution in [-0.4, -0.2) is 35.1 Å². The van der Waals surface area contributed by atoms with Crippen LogP contribution in [0.3, 0.4) is 0 Å². The van der Waals surface area contributed by atoms with Crippen molar-refractivity contribution in [2.75, 3.05) is 20.0 Å². The first-order valence-electron chi connectivity index (χ1n) is 9.34. The van der Waals surface area contributed by atoms with Gasteiger partial charge in [0.1, 0.15) is 23.0 Å². The van der Waals surface area contributed by atoms with Gasteiger partial charge in [0.05, 0.1) is 25.7 Å². The molecule has 1 amide bonds. The molecule has 158 valence electrons. The van der Waals surface area contributed by atoms with Crippen molar-refractivity contribution < 1.29 is 22.9 Å². The zero-order valence-corrected chi connectivity index (χ0v) is 18.0. The largest absolute Gasteiger partial charge is 0.497 e. The summed E-state index contributed by atoms with van der Waals surface area (Å²) in [4.78, 5) is 16.6. The van der Waals surface area contributed by atoms with Crippen LogP contribution in [0.15, 0.2) is 52.9 Å². The summed E-state index contributed by atoms with van der Waals surface area (Å²) in [5, 5.41) is 2.78. The summed E-state index contributed by atoms with van der Waals surface area (Å²) in [6.45, 7) is 2.14. The third kappa shape index (κ3) is 5.70. The van der Waals surface area contributed by atoms with Crippen molar-refractivity contribution in [1.29, 1.82) is 0 Å². The molecule has 7 nitrogen and oxygen atoms in total. The van der Waals surface area contributed by atoms with Crippen LogP contribution >= 0.6 is 0 Å². The lowest BCUT2D eigenvalue weighted by Crippen LogP contribution is -2.28. The Labute approximate surface area is 177 Å². The van der Waals surface area contributed by atoms with E-state index in [1.165, 1.54) is 0 Å². The summed E-state index contributed by atoms with van der Waals surface area (Å²) in [6.07, 6.45) is 0. The fraction of sp³-hybridized carbons (Fsp3) is 0.273. The highest BCUT2D eigenvalue weighted by Gasteiger charge is 2.16. The number of amides is 1. The molecular weight excluding hydrogens is 404 g/mol. The molecule has 0 aliphatic rings. The van der Waals surface area contributed by atoms with Crippen LogP contribution in [0.5, 0.6) is 11.5 Å². The highest BCUT2D eigenvalue weighted by molar-refractivity contribution is 7.84. The van der Waals surface area contributed by atoms with E-state index in [-0.39, 0.29) is 17.4 Å². The van der Waals surface area contributed by atoms with E-state index >= 15 is 0 Å². The van der Waals surface area contributed by atoms with E-state index in [0.29, 0.717) is 23.9 Å². The van der Waals surface area contributed by atoms with Crippen molar-refractivity contribution in [2.45, 2.75) is 19.2 Å². The molecule has 1 aromatic heterocycles. The summed E-state index contributed by atoms with van der Waals surface area (Å²) >= 11 is 0. The number of oxazole rings is 1. The minimum Gasteiger partial charge on any atom is -0.497 e. The normalized spacial score (nSPS) is 11.7. The van der Waals surface area contributed by atoms with Gasteiger partial charge in [-0.25, -0.2) is 4.98 Å². The van der Waals surface area contributed by atoms with Crippen LogP contribution in [-0.2, 0) is 27.9 Å². The van der Waals surface area contributed by atoms with Crippen LogP contribution in [0.4, 0.5) is 0 Å². The number of ether oxygens (including phenoxy) is 2. The van der Waals surface area contributed by atoms with Crippen molar-refractivity contribution in [3.63, 3.8) is 0 Å². The number of nitrogens with one attached hydrogen (secondary N) is 1. The summed E-state index contributed by atoms with van der Waals surface area (Å²) in [5.41, 5.74) is 2.32. The number of carbonyl (C=O) groups excluding carboxylic acids is 1. The number of rotatable bonds is 9. The molecular formula is C22H24N2O5S. The third-order valence-corrected chi connectivity index (χ3v) is 5.65. The van der Waals surface area contributed by atoms with Gasteiger partial charge in [-0.15, -0.1) is 0 Å². The summed E-state index contributed by atoms with van der Waals surface area (Å²) in [7, 11) is 1.80. The second kappa shape index (κ2) is 10.1. The highest BCUT2D eigenvalue weighted by Crippen LogP contribution is 2.24. The van der Waals surface area contributed by atoms with Crippen molar-refractivity contribution in [3.8, 4) is 23.0 Å². The SMILES string of the molecule is COc1ccc(CNC(=O)C[S@@](=O)Cc2nc(-c3ccc(OC)cc3)oc2C)cc1. The molecule has 0 spiro atoms. The first-order valence-corrected chi connectivity index (χ1v) is 10.8. The summed E-state index contributed by atoms with van der Waals surface area (Å²) < 4.78 is 28.4. The van der Waals surface area contributed by atoms with E-state index in [1.54, 1.807) is 21.1 Å². The Balaban J connectivity index is 1.53. The number of methoxy groups -OCH3 is 2. The lowest BCUT2D eigenvalue weighted by atomic mass is 10.2. The number of nitrogens with zero attached hydrogens (tertiary/aromatic N) is 1. The Kier molecular flexibility index (Phi) is 7.24. The van der Waals surface area contributed by atoms with Crippen LogP contribution in [0.1, 0.15) is 17.0 Å². The highest BCUT2D eigenvalue weighted by atomic mass is 32.2. The molecule has 0 aliphatic carbocycles. The average molecular weight is 429 g/mol. The molecule has 1 heterocycles. The molecule has 8 heteroatoms. The molecule has 0 fully saturated rings. The summed E-state index contributed by atoms with van der Waals surface area (Å²) in [6, 6.07) is 14.7. The second-order valence-corrected chi connectivity index (χ2v) is 8.06. The van der Waals surface area contributed by atoms with Gasteiger partial charge in [-0.2, -0.15) is 0 Å². The maximum Gasteiger partial charge on any atom is 0.232 e. The molecule has 0 unspecified atom stereocenters. The standard InChI is InChI=1S/C22H24N2O5S/c1-15-20(24-22(29-15)17-6-10-19(28-3)11-7-17)13-30(26)14-21(25)23-12-16-4-8-18(27-2)9-5-16/h4-11H,12-14H2,1-3H3,(H,23,25)/t30-/m0/s1. The number of hydrogen-bond donors (Lipinski definition) is 1. The Morgan fingerprint density at radius 3 is 2.23 bits per heavy atom. The summed E-state index contributed by atoms with van der Waals surface area (Å²) in [5.74, 6) is 2.31. The van der Waals surface area contributed by atoms with Crippen molar-refractivity contribution in [1.82, 2.24) is 10.3 Å². The van der Waals surface area contributed by atoms with Crippen molar-refractivity contribution in [2.24, 2.45) is 0 Å². The Morgan fingerprint density at radius 1 is 1.03 bits per heavy atom. The van der Waals surface area contributed by atoms with Gasteiger partial charge in [-0.3, -0.25) is 9.00 Å². The smallest absolute Gasteiger partial charge is 0.232 e. The fourth-order valence-electron chi connectivity index (χ4n) is 2.76. The minimum atomic E-state index is -1.40. The van der Waals surface area contributed by atoms with Crippen LogP contribution < -0.4 is 14.8 Å². The second-order valence-electron chi connectivity index (χ2n) is 6.60. The van der Waals surface area contributed by atoms with Gasteiger partial charge in [-0.1, -0.05) is 12.1 Å². The lowest BCUT2D eigenvalue weighted by molar-refractivity contribution is -0.118. The Morgan fingerprint density at radius 2 is 1.63 bits per heavy atom. The number of benzene rings is 2. The topological polar surface area (TPSA) is 90.7 Å². The molecule has 0 saturated carbocycles. The molecule has 30 heavy (non-hydrogen) atoms.